The van der Waals surface area contributed by atoms with E-state index in [0.717, 1.165) is 70.7 Å². The van der Waals surface area contributed by atoms with Crippen LogP contribution < -0.4 is 4.90 Å². The molecule has 0 aliphatic heterocycles. The van der Waals surface area contributed by atoms with Crippen molar-refractivity contribution in [3.05, 3.63) is 150 Å². The van der Waals surface area contributed by atoms with Crippen molar-refractivity contribution >= 4 is 38.6 Å². The molecular weight excluding hydrogens is 644 g/mol. The number of alkyl halides is 6. The van der Waals surface area contributed by atoms with Crippen LogP contribution in [0, 0.1) is 0 Å². The van der Waals surface area contributed by atoms with Crippen molar-refractivity contribution in [1.29, 1.82) is 0 Å². The van der Waals surface area contributed by atoms with Gasteiger partial charge in [0, 0.05) is 16.8 Å². The molecule has 0 saturated carbocycles. The Morgan fingerprint density at radius 1 is 0.560 bits per heavy atom. The van der Waals surface area contributed by atoms with E-state index in [2.05, 4.69) is 25.7 Å². The first kappa shape index (κ1) is 35.1. The molecule has 1 nitrogen and oxygen atoms in total. The first-order valence-electron chi connectivity index (χ1n) is 17.0. The normalized spacial score (nSPS) is 13.1. The van der Waals surface area contributed by atoms with E-state index in [1.165, 1.54) is 24.3 Å². The molecule has 6 rings (SSSR count). The second kappa shape index (κ2) is 13.9. The van der Waals surface area contributed by atoms with E-state index < -0.39 is 23.5 Å². The van der Waals surface area contributed by atoms with E-state index in [0.29, 0.717) is 10.8 Å². The second-order valence-electron chi connectivity index (χ2n) is 13.1. The molecule has 1 atom stereocenters. The molecule has 0 heterocycles. The molecule has 0 spiro atoms. The van der Waals surface area contributed by atoms with Crippen LogP contribution in [0.15, 0.2) is 127 Å². The molecule has 0 amide bonds. The largest absolute Gasteiger partial charge is 0.416 e. The molecule has 0 fully saturated rings. The van der Waals surface area contributed by atoms with E-state index in [-0.39, 0.29) is 11.3 Å². The van der Waals surface area contributed by atoms with E-state index in [1.807, 2.05) is 84.9 Å². The topological polar surface area (TPSA) is 3.24 Å². The van der Waals surface area contributed by atoms with Gasteiger partial charge in [-0.25, -0.2) is 0 Å². The van der Waals surface area contributed by atoms with Crippen LogP contribution in [0.5, 0.6) is 0 Å². The monoisotopic (exact) mass is 683 g/mol. The number of para-hydroxylation sites is 2. The Morgan fingerprint density at radius 3 is 1.62 bits per heavy atom. The minimum atomic E-state index is -4.47. The summed E-state index contributed by atoms with van der Waals surface area (Å²) in [6.45, 7) is 6.47. The first-order valence-corrected chi connectivity index (χ1v) is 17.0. The van der Waals surface area contributed by atoms with Gasteiger partial charge in [-0.05, 0) is 113 Å². The van der Waals surface area contributed by atoms with E-state index in [9.17, 15) is 26.3 Å². The summed E-state index contributed by atoms with van der Waals surface area (Å²) < 4.78 is 81.6. The van der Waals surface area contributed by atoms with Crippen LogP contribution in [-0.2, 0) is 17.8 Å². The van der Waals surface area contributed by atoms with Crippen molar-refractivity contribution in [1.82, 2.24) is 0 Å². The standard InChI is InChI=1S/C43H39F6N/c1-4-41(5-2,25-24-29(3)30-16-17-32-27-34(42(44,45)46)20-18-31(32)26-30)39-23-19-33-28-35(43(47,48)49)21-22-38(33)40(39)50(36-12-8-6-9-13-36)37-14-10-7-11-15-37/h6-23,26-29H,4-5,24-25H2,1-3H3. The summed E-state index contributed by atoms with van der Waals surface area (Å²) >= 11 is 0. The van der Waals surface area contributed by atoms with Crippen LogP contribution in [0.25, 0.3) is 21.5 Å². The number of fused-ring (bicyclic) bond motifs is 2. The fraction of sp³-hybridized carbons (Fsp3) is 0.256. The number of nitrogens with zero attached hydrogens (tertiary/aromatic N) is 1. The van der Waals surface area contributed by atoms with E-state index >= 15 is 0 Å². The Balaban J connectivity index is 1.46. The van der Waals surface area contributed by atoms with Gasteiger partial charge >= 0.3 is 12.4 Å². The smallest absolute Gasteiger partial charge is 0.310 e. The summed E-state index contributed by atoms with van der Waals surface area (Å²) in [5.74, 6) is 0.108. The predicted molar refractivity (Wildman–Crippen MR) is 192 cm³/mol. The van der Waals surface area contributed by atoms with Gasteiger partial charge in [-0.3, -0.25) is 0 Å². The SMILES string of the molecule is CCC(CC)(CCC(C)c1ccc2cc(C(F)(F)F)ccc2c1)c1ccc2cc(C(F)(F)F)ccc2c1N(c1ccccc1)c1ccccc1. The number of rotatable bonds is 10. The molecule has 0 radical (unpaired) electrons. The van der Waals surface area contributed by atoms with Crippen molar-refractivity contribution in [3.63, 3.8) is 0 Å². The molecule has 0 aromatic heterocycles. The summed E-state index contributed by atoms with van der Waals surface area (Å²) in [5, 5.41) is 2.55. The van der Waals surface area contributed by atoms with Crippen molar-refractivity contribution in [3.8, 4) is 0 Å². The maximum Gasteiger partial charge on any atom is 0.416 e. The second-order valence-corrected chi connectivity index (χ2v) is 13.1. The Bertz CT molecular complexity index is 2040. The predicted octanol–water partition coefficient (Wildman–Crippen LogP) is 14.1. The third-order valence-electron chi connectivity index (χ3n) is 10.3. The maximum absolute atomic E-state index is 13.9. The van der Waals surface area contributed by atoms with Crippen LogP contribution in [0.3, 0.4) is 0 Å². The number of anilines is 3. The van der Waals surface area contributed by atoms with Crippen molar-refractivity contribution in [2.75, 3.05) is 4.90 Å². The summed E-state index contributed by atoms with van der Waals surface area (Å²) in [7, 11) is 0. The molecule has 0 aliphatic carbocycles. The van der Waals surface area contributed by atoms with Gasteiger partial charge in [-0.2, -0.15) is 26.3 Å². The van der Waals surface area contributed by atoms with Crippen LogP contribution in [0.2, 0.25) is 0 Å². The summed E-state index contributed by atoms with van der Waals surface area (Å²) in [5.41, 5.74) is 3.07. The molecule has 1 unspecified atom stereocenters. The third-order valence-corrected chi connectivity index (χ3v) is 10.3. The van der Waals surface area contributed by atoms with Gasteiger partial charge < -0.3 is 4.90 Å². The highest BCUT2D eigenvalue weighted by Crippen LogP contribution is 2.50. The average molecular weight is 684 g/mol. The lowest BCUT2D eigenvalue weighted by Gasteiger charge is -2.39. The summed E-state index contributed by atoms with van der Waals surface area (Å²) in [4.78, 5) is 2.16. The zero-order valence-electron chi connectivity index (χ0n) is 28.2. The fourth-order valence-corrected chi connectivity index (χ4v) is 7.25. The van der Waals surface area contributed by atoms with Crippen molar-refractivity contribution in [2.45, 2.75) is 70.1 Å². The van der Waals surface area contributed by atoms with E-state index in [1.54, 1.807) is 12.1 Å². The zero-order chi connectivity index (χ0) is 35.7. The molecule has 0 N–H and O–H groups in total. The van der Waals surface area contributed by atoms with Gasteiger partial charge in [0.05, 0.1) is 16.8 Å². The van der Waals surface area contributed by atoms with Gasteiger partial charge in [0.2, 0.25) is 0 Å². The average Bonchev–Trinajstić information content (AvgIpc) is 3.12. The highest BCUT2D eigenvalue weighted by atomic mass is 19.4. The minimum absolute atomic E-state index is 0.108. The van der Waals surface area contributed by atoms with E-state index in [4.69, 9.17) is 0 Å². The molecule has 6 aromatic rings. The van der Waals surface area contributed by atoms with Crippen LogP contribution in [0.4, 0.5) is 43.4 Å². The molecule has 7 heteroatoms. The Kier molecular flexibility index (Phi) is 9.71. The van der Waals surface area contributed by atoms with Crippen LogP contribution >= 0.6 is 0 Å². The highest BCUT2D eigenvalue weighted by molar-refractivity contribution is 6.01. The lowest BCUT2D eigenvalue weighted by atomic mass is 9.69. The molecular formula is C43H39F6N. The molecule has 258 valence electrons. The number of hydrogen-bond donors (Lipinski definition) is 0. The lowest BCUT2D eigenvalue weighted by Crippen LogP contribution is -2.28. The number of hydrogen-bond acceptors (Lipinski definition) is 1. The van der Waals surface area contributed by atoms with Gasteiger partial charge in [0.25, 0.3) is 0 Å². The van der Waals surface area contributed by atoms with Crippen LogP contribution in [-0.4, -0.2) is 0 Å². The fourth-order valence-electron chi connectivity index (χ4n) is 7.25. The molecule has 50 heavy (non-hydrogen) atoms. The van der Waals surface area contributed by atoms with Gasteiger partial charge in [-0.1, -0.05) is 99.6 Å². The highest BCUT2D eigenvalue weighted by Gasteiger charge is 2.36. The quantitative estimate of drug-likeness (QED) is 0.130. The van der Waals surface area contributed by atoms with Gasteiger partial charge in [-0.15, -0.1) is 0 Å². The number of halogens is 6. The minimum Gasteiger partial charge on any atom is -0.310 e. The first-order chi connectivity index (χ1) is 23.8. The molecule has 0 bridgehead atoms. The summed E-state index contributed by atoms with van der Waals surface area (Å²) in [6, 6.07) is 37.1. The maximum atomic E-state index is 13.9. The Hall–Kier alpha value is -4.78. The van der Waals surface area contributed by atoms with Gasteiger partial charge in [0.15, 0.2) is 0 Å². The molecule has 0 aliphatic rings. The van der Waals surface area contributed by atoms with Crippen molar-refractivity contribution < 1.29 is 26.3 Å². The van der Waals surface area contributed by atoms with Crippen molar-refractivity contribution in [2.24, 2.45) is 0 Å². The lowest BCUT2D eigenvalue weighted by molar-refractivity contribution is -0.138. The van der Waals surface area contributed by atoms with Crippen LogP contribution in [0.1, 0.15) is 74.6 Å². The summed E-state index contributed by atoms with van der Waals surface area (Å²) in [6.07, 6.45) is -5.68. The van der Waals surface area contributed by atoms with Gasteiger partial charge in [0.1, 0.15) is 0 Å². The zero-order valence-corrected chi connectivity index (χ0v) is 28.2. The third kappa shape index (κ3) is 6.96. The number of benzene rings is 6. The molecule has 6 aromatic carbocycles. The Morgan fingerprint density at radius 2 is 1.06 bits per heavy atom. The molecule has 0 saturated heterocycles. The Labute approximate surface area is 289 Å².